The summed E-state index contributed by atoms with van der Waals surface area (Å²) in [6, 6.07) is 0. The maximum Gasteiger partial charge on any atom is 0.343 e. The Kier molecular flexibility index (Phi) is 5.12. The Morgan fingerprint density at radius 2 is 1.92 bits per heavy atom. The van der Waals surface area contributed by atoms with Gasteiger partial charge in [0.25, 0.3) is 5.56 Å². The fraction of sp³-hybridized carbons (Fsp3) is 0.462. The number of carbonyl (C=O) groups excluding carboxylic acids is 1. The predicted octanol–water partition coefficient (Wildman–Crippen LogP) is -1.06. The van der Waals surface area contributed by atoms with Gasteiger partial charge in [-0.15, -0.1) is 5.10 Å². The van der Waals surface area contributed by atoms with Crippen molar-refractivity contribution in [2.24, 2.45) is 14.1 Å². The molecule has 0 radical (unpaired) electrons. The molecular weight excluding hydrogens is 336 g/mol. The first kappa shape index (κ1) is 17.8. The van der Waals surface area contributed by atoms with E-state index < -0.39 is 17.0 Å². The van der Waals surface area contributed by atoms with Crippen molar-refractivity contribution in [3.8, 4) is 0 Å². The summed E-state index contributed by atoms with van der Waals surface area (Å²) in [6.45, 7) is 2.38. The lowest BCUT2D eigenvalue weighted by Crippen LogP contribution is -2.41. The molecule has 0 aromatic carbocycles. The minimum Gasteiger partial charge on any atom is -0.384 e. The van der Waals surface area contributed by atoms with Gasteiger partial charge in [0, 0.05) is 20.6 Å². The molecule has 130 valence electrons. The first-order chi connectivity index (χ1) is 11.3. The maximum absolute atomic E-state index is 12.4. The van der Waals surface area contributed by atoms with E-state index in [4.69, 9.17) is 5.73 Å². The van der Waals surface area contributed by atoms with E-state index in [0.29, 0.717) is 11.7 Å². The lowest BCUT2D eigenvalue weighted by Gasteiger charge is -2.10. The summed E-state index contributed by atoms with van der Waals surface area (Å²) in [5.74, 6) is -0.847. The first-order valence-electron chi connectivity index (χ1n) is 7.16. The molecular formula is C13H18N6O4S. The van der Waals surface area contributed by atoms with Gasteiger partial charge in [-0.1, -0.05) is 18.7 Å². The number of nitrogens with two attached hydrogens (primary N) is 1. The zero-order chi connectivity index (χ0) is 18.0. The third-order valence-corrected chi connectivity index (χ3v) is 4.47. The van der Waals surface area contributed by atoms with Crippen LogP contribution < -0.4 is 22.7 Å². The van der Waals surface area contributed by atoms with Gasteiger partial charge in [0.15, 0.2) is 10.9 Å². The third-order valence-electron chi connectivity index (χ3n) is 3.49. The predicted molar refractivity (Wildman–Crippen MR) is 89.5 cm³/mol. The molecule has 3 N–H and O–H groups in total. The van der Waals surface area contributed by atoms with E-state index in [1.807, 2.05) is 6.92 Å². The van der Waals surface area contributed by atoms with Crippen LogP contribution in [0, 0.1) is 0 Å². The number of rotatable bonds is 6. The van der Waals surface area contributed by atoms with Crippen molar-refractivity contribution in [2.75, 3.05) is 11.5 Å². The second-order valence-corrected chi connectivity index (χ2v) is 6.08. The molecule has 0 spiro atoms. The monoisotopic (exact) mass is 354 g/mol. The normalized spacial score (nSPS) is 11.0. The van der Waals surface area contributed by atoms with Crippen LogP contribution in [-0.2, 0) is 20.6 Å². The van der Waals surface area contributed by atoms with Crippen LogP contribution >= 0.6 is 11.8 Å². The highest BCUT2D eigenvalue weighted by Crippen LogP contribution is 2.16. The Morgan fingerprint density at radius 1 is 1.25 bits per heavy atom. The first-order valence-corrected chi connectivity index (χ1v) is 8.14. The lowest BCUT2D eigenvalue weighted by molar-refractivity contribution is 0.102. The lowest BCUT2D eigenvalue weighted by atomic mass is 10.2. The van der Waals surface area contributed by atoms with Crippen LogP contribution in [0.2, 0.25) is 0 Å². The Hall–Kier alpha value is -2.56. The average Bonchev–Trinajstić information content (AvgIpc) is 2.90. The molecule has 0 unspecified atom stereocenters. The van der Waals surface area contributed by atoms with Crippen LogP contribution in [0.25, 0.3) is 0 Å². The number of anilines is 1. The molecule has 0 saturated carbocycles. The van der Waals surface area contributed by atoms with E-state index in [9.17, 15) is 19.2 Å². The van der Waals surface area contributed by atoms with Gasteiger partial charge in [-0.2, -0.15) is 0 Å². The number of hydrogen-bond acceptors (Lipinski definition) is 7. The number of nitrogen functional groups attached to an aromatic ring is 1. The summed E-state index contributed by atoms with van der Waals surface area (Å²) >= 11 is 1.02. The van der Waals surface area contributed by atoms with Crippen LogP contribution in [0.3, 0.4) is 0 Å². The van der Waals surface area contributed by atoms with Crippen molar-refractivity contribution < 1.29 is 4.79 Å². The largest absolute Gasteiger partial charge is 0.384 e. The summed E-state index contributed by atoms with van der Waals surface area (Å²) in [6.07, 6.45) is 0.731. The molecule has 0 aliphatic carbocycles. The van der Waals surface area contributed by atoms with Gasteiger partial charge in [-0.25, -0.2) is 14.7 Å². The Bertz CT molecular complexity index is 951. The Labute approximate surface area is 140 Å². The van der Waals surface area contributed by atoms with Crippen molar-refractivity contribution in [1.29, 1.82) is 0 Å². The van der Waals surface area contributed by atoms with E-state index in [-0.39, 0.29) is 22.8 Å². The van der Waals surface area contributed by atoms with Crippen LogP contribution in [0.15, 0.2) is 19.5 Å². The fourth-order valence-electron chi connectivity index (χ4n) is 2.16. The topological polar surface area (TPSA) is 138 Å². The highest BCUT2D eigenvalue weighted by molar-refractivity contribution is 7.99. The zero-order valence-corrected chi connectivity index (χ0v) is 14.3. The number of hydrogen-bond donors (Lipinski definition) is 2. The van der Waals surface area contributed by atoms with Gasteiger partial charge in [0.05, 0.1) is 5.75 Å². The van der Waals surface area contributed by atoms with Gasteiger partial charge in [0.1, 0.15) is 11.4 Å². The summed E-state index contributed by atoms with van der Waals surface area (Å²) in [5.41, 5.74) is 3.80. The van der Waals surface area contributed by atoms with E-state index in [2.05, 4.69) is 10.2 Å². The van der Waals surface area contributed by atoms with Gasteiger partial charge < -0.3 is 5.73 Å². The number of aromatic amines is 1. The fourth-order valence-corrected chi connectivity index (χ4v) is 3.00. The van der Waals surface area contributed by atoms with Gasteiger partial charge >= 0.3 is 11.4 Å². The molecule has 2 rings (SSSR count). The zero-order valence-electron chi connectivity index (χ0n) is 13.5. The molecule has 0 aliphatic heterocycles. The second kappa shape index (κ2) is 6.91. The summed E-state index contributed by atoms with van der Waals surface area (Å²) in [7, 11) is 2.66. The van der Waals surface area contributed by atoms with Crippen LogP contribution in [-0.4, -0.2) is 35.4 Å². The average molecular weight is 354 g/mol. The smallest absolute Gasteiger partial charge is 0.343 e. The SMILES string of the molecule is CCCn1c(SCC(=O)c2c(N)n(C)c(=O)n(C)c2=O)n[nH]c1=O. The number of ketones is 1. The number of H-pyrrole nitrogens is 1. The molecule has 2 heterocycles. The molecule has 24 heavy (non-hydrogen) atoms. The van der Waals surface area contributed by atoms with Crippen molar-refractivity contribution in [3.05, 3.63) is 36.9 Å². The highest BCUT2D eigenvalue weighted by Gasteiger charge is 2.21. The van der Waals surface area contributed by atoms with Crippen molar-refractivity contribution in [2.45, 2.75) is 25.0 Å². The molecule has 0 aliphatic rings. The number of thioether (sulfide) groups is 1. The summed E-state index contributed by atoms with van der Waals surface area (Å²) in [5, 5.41) is 6.54. The number of carbonyl (C=O) groups is 1. The molecule has 0 atom stereocenters. The molecule has 11 heteroatoms. The van der Waals surface area contributed by atoms with Crippen molar-refractivity contribution in [1.82, 2.24) is 23.9 Å². The second-order valence-electron chi connectivity index (χ2n) is 5.14. The molecule has 0 bridgehead atoms. The number of nitrogens with zero attached hydrogens (tertiary/aromatic N) is 4. The summed E-state index contributed by atoms with van der Waals surface area (Å²) < 4.78 is 3.29. The number of aromatic nitrogens is 5. The standard InChI is InChI=1S/C13H18N6O4S/c1-4-5-19-11(22)15-16-12(19)24-6-7(20)8-9(14)17(2)13(23)18(3)10(8)21/h4-6,14H2,1-3H3,(H,15,22). The van der Waals surface area contributed by atoms with Gasteiger partial charge in [-0.05, 0) is 6.42 Å². The summed E-state index contributed by atoms with van der Waals surface area (Å²) in [4.78, 5) is 47.9. The Balaban J connectivity index is 2.31. The highest BCUT2D eigenvalue weighted by atomic mass is 32.2. The maximum atomic E-state index is 12.4. The minimum atomic E-state index is -0.742. The van der Waals surface area contributed by atoms with E-state index in [0.717, 1.165) is 27.3 Å². The van der Waals surface area contributed by atoms with Crippen LogP contribution in [0.5, 0.6) is 0 Å². The number of nitrogens with one attached hydrogen (secondary N) is 1. The van der Waals surface area contributed by atoms with Crippen LogP contribution in [0.1, 0.15) is 23.7 Å². The number of Topliss-reactive ketones (excluding diaryl/α,β-unsaturated/α-hetero) is 1. The van der Waals surface area contributed by atoms with E-state index in [1.165, 1.54) is 18.7 Å². The van der Waals surface area contributed by atoms with Gasteiger partial charge in [-0.3, -0.25) is 23.3 Å². The van der Waals surface area contributed by atoms with E-state index in [1.54, 1.807) is 0 Å². The molecule has 0 amide bonds. The van der Waals surface area contributed by atoms with Gasteiger partial charge in [0.2, 0.25) is 0 Å². The minimum absolute atomic E-state index is 0.133. The molecule has 2 aromatic heterocycles. The quantitative estimate of drug-likeness (QED) is 0.498. The van der Waals surface area contributed by atoms with Crippen molar-refractivity contribution in [3.63, 3.8) is 0 Å². The molecule has 0 saturated heterocycles. The molecule has 2 aromatic rings. The molecule has 0 fully saturated rings. The Morgan fingerprint density at radius 3 is 2.54 bits per heavy atom. The van der Waals surface area contributed by atoms with Crippen molar-refractivity contribution >= 4 is 23.4 Å². The molecule has 10 nitrogen and oxygen atoms in total. The third kappa shape index (κ3) is 3.07. The van der Waals surface area contributed by atoms with Crippen LogP contribution in [0.4, 0.5) is 5.82 Å². The van der Waals surface area contributed by atoms with E-state index >= 15 is 0 Å².